The topological polar surface area (TPSA) is 89.9 Å². The molecule has 192 valence electrons. The molecule has 0 aromatic rings. The lowest BCUT2D eigenvalue weighted by Crippen LogP contribution is -2.62. The van der Waals surface area contributed by atoms with E-state index in [9.17, 15) is 19.5 Å². The van der Waals surface area contributed by atoms with E-state index in [2.05, 4.69) is 27.7 Å². The number of aliphatic carboxylic acids is 1. The molecule has 0 amide bonds. The first-order valence-electron chi connectivity index (χ1n) is 13.6. The summed E-state index contributed by atoms with van der Waals surface area (Å²) in [6.07, 6.45) is 9.26. The van der Waals surface area contributed by atoms with Gasteiger partial charge in [-0.3, -0.25) is 14.4 Å². The van der Waals surface area contributed by atoms with Gasteiger partial charge in [-0.2, -0.15) is 0 Å². The molecule has 0 aromatic carbocycles. The lowest BCUT2D eigenvalue weighted by atomic mass is 9.41. The Hall–Kier alpha value is -1.59. The Kier molecular flexibility index (Phi) is 7.36. The number of carboxylic acid groups (broad SMARTS) is 1. The molecular formula is C28H44O6. The van der Waals surface area contributed by atoms with E-state index in [-0.39, 0.29) is 35.4 Å². The maximum absolute atomic E-state index is 11.8. The third-order valence-corrected chi connectivity index (χ3v) is 11.4. The third kappa shape index (κ3) is 4.07. The molecule has 0 radical (unpaired) electrons. The molecule has 6 heteroatoms. The summed E-state index contributed by atoms with van der Waals surface area (Å²) in [4.78, 5) is 34.0. The van der Waals surface area contributed by atoms with Crippen LogP contribution in [0.3, 0.4) is 0 Å². The lowest BCUT2D eigenvalue weighted by Gasteiger charge is -2.65. The minimum absolute atomic E-state index is 0.0298. The molecule has 0 saturated heterocycles. The fraction of sp³-hybridized carbons (Fsp3) is 0.893. The first-order valence-corrected chi connectivity index (χ1v) is 13.6. The van der Waals surface area contributed by atoms with Crippen LogP contribution in [-0.2, 0) is 23.9 Å². The molecule has 0 aromatic heterocycles. The van der Waals surface area contributed by atoms with Crippen LogP contribution >= 0.6 is 0 Å². The van der Waals surface area contributed by atoms with Crippen LogP contribution in [0.5, 0.6) is 0 Å². The SMILES string of the molecule is CC[C@@H]1C2C[C@H](OC=O)CCC2(C)[C@H]2CCC3(C)C([C@H](C)CCC(=O)O)CC[C@H]3[C@@H]2[C@@H]1OC=O. The normalized spacial score (nSPS) is 46.4. The standard InChI is InChI=1S/C28H44O6/c1-5-19-23-14-18(33-15-29)10-12-28(23,4)22-11-13-27(3)20(17(2)6-9-24(31)32)7-8-21(27)25(22)26(19)34-16-30/h15-23,25-26H,5-14H2,1-4H3,(H,31,32)/t17-,18-,19-,20?,21+,22+,23?,25+,26-,27?,28?/m1/s1. The monoisotopic (exact) mass is 476 g/mol. The molecule has 11 atom stereocenters. The summed E-state index contributed by atoms with van der Waals surface area (Å²) < 4.78 is 11.4. The van der Waals surface area contributed by atoms with Gasteiger partial charge in [-0.15, -0.1) is 0 Å². The average molecular weight is 477 g/mol. The Bertz CT molecular complexity index is 768. The second-order valence-corrected chi connectivity index (χ2v) is 12.4. The van der Waals surface area contributed by atoms with E-state index in [1.54, 1.807) is 0 Å². The number of fused-ring (bicyclic) bond motifs is 5. The van der Waals surface area contributed by atoms with Gasteiger partial charge < -0.3 is 14.6 Å². The summed E-state index contributed by atoms with van der Waals surface area (Å²) in [7, 11) is 0. The number of carboxylic acids is 1. The number of carbonyl (C=O) groups excluding carboxylic acids is 2. The number of hydrogen-bond donors (Lipinski definition) is 1. The Morgan fingerprint density at radius 1 is 1.00 bits per heavy atom. The van der Waals surface area contributed by atoms with Gasteiger partial charge in [0.1, 0.15) is 12.2 Å². The molecule has 6 nitrogen and oxygen atoms in total. The zero-order chi connectivity index (χ0) is 24.7. The predicted octanol–water partition coefficient (Wildman–Crippen LogP) is 5.48. The van der Waals surface area contributed by atoms with Gasteiger partial charge in [0, 0.05) is 12.3 Å². The van der Waals surface area contributed by atoms with Crippen molar-refractivity contribution < 1.29 is 29.0 Å². The molecule has 4 rings (SSSR count). The van der Waals surface area contributed by atoms with Crippen LogP contribution in [0.1, 0.15) is 91.9 Å². The van der Waals surface area contributed by atoms with Crippen molar-refractivity contribution >= 4 is 18.9 Å². The van der Waals surface area contributed by atoms with Gasteiger partial charge in [-0.1, -0.05) is 27.7 Å². The van der Waals surface area contributed by atoms with Crippen molar-refractivity contribution in [2.75, 3.05) is 0 Å². The van der Waals surface area contributed by atoms with Crippen molar-refractivity contribution in [2.24, 2.45) is 52.3 Å². The van der Waals surface area contributed by atoms with Crippen LogP contribution in [0.4, 0.5) is 0 Å². The summed E-state index contributed by atoms with van der Waals surface area (Å²) in [5.74, 6) is 2.24. The highest BCUT2D eigenvalue weighted by Gasteiger charge is 2.65. The smallest absolute Gasteiger partial charge is 0.303 e. The van der Waals surface area contributed by atoms with Gasteiger partial charge >= 0.3 is 5.97 Å². The molecule has 4 aliphatic carbocycles. The Labute approximate surface area is 204 Å². The molecule has 4 saturated carbocycles. The fourth-order valence-electron chi connectivity index (χ4n) is 9.89. The second-order valence-electron chi connectivity index (χ2n) is 12.4. The molecule has 4 aliphatic rings. The largest absolute Gasteiger partial charge is 0.481 e. The summed E-state index contributed by atoms with van der Waals surface area (Å²) in [5.41, 5.74) is 0.341. The molecule has 34 heavy (non-hydrogen) atoms. The number of rotatable bonds is 9. The van der Waals surface area contributed by atoms with Crippen molar-refractivity contribution in [3.05, 3.63) is 0 Å². The van der Waals surface area contributed by atoms with Crippen molar-refractivity contribution in [1.29, 1.82) is 0 Å². The second kappa shape index (κ2) is 9.81. The molecule has 4 unspecified atom stereocenters. The van der Waals surface area contributed by atoms with Crippen LogP contribution < -0.4 is 0 Å². The van der Waals surface area contributed by atoms with Gasteiger partial charge in [0.15, 0.2) is 0 Å². The van der Waals surface area contributed by atoms with Crippen LogP contribution in [0.15, 0.2) is 0 Å². The van der Waals surface area contributed by atoms with E-state index in [0.717, 1.165) is 51.4 Å². The fourth-order valence-corrected chi connectivity index (χ4v) is 9.89. The van der Waals surface area contributed by atoms with E-state index >= 15 is 0 Å². The average Bonchev–Trinajstić information content (AvgIpc) is 3.16. The van der Waals surface area contributed by atoms with Gasteiger partial charge in [-0.25, -0.2) is 0 Å². The first kappa shape index (κ1) is 25.5. The van der Waals surface area contributed by atoms with E-state index in [1.165, 1.54) is 6.42 Å². The molecule has 0 heterocycles. The minimum atomic E-state index is -0.707. The van der Waals surface area contributed by atoms with Crippen LogP contribution in [-0.4, -0.2) is 36.2 Å². The van der Waals surface area contributed by atoms with Gasteiger partial charge in [0.2, 0.25) is 0 Å². The number of hydrogen-bond acceptors (Lipinski definition) is 5. The Morgan fingerprint density at radius 2 is 1.68 bits per heavy atom. The van der Waals surface area contributed by atoms with Crippen LogP contribution in [0.2, 0.25) is 0 Å². The van der Waals surface area contributed by atoms with Crippen LogP contribution in [0, 0.1) is 52.3 Å². The molecule has 4 fully saturated rings. The van der Waals surface area contributed by atoms with E-state index in [0.29, 0.717) is 48.5 Å². The van der Waals surface area contributed by atoms with Crippen LogP contribution in [0.25, 0.3) is 0 Å². The zero-order valence-corrected chi connectivity index (χ0v) is 21.4. The Morgan fingerprint density at radius 3 is 2.32 bits per heavy atom. The summed E-state index contributed by atoms with van der Waals surface area (Å²) in [6, 6.07) is 0. The molecule has 1 N–H and O–H groups in total. The first-order chi connectivity index (χ1) is 16.2. The molecule has 0 aliphatic heterocycles. The summed E-state index contributed by atoms with van der Waals surface area (Å²) in [5, 5.41) is 9.22. The molecule has 0 bridgehead atoms. The zero-order valence-electron chi connectivity index (χ0n) is 21.4. The van der Waals surface area contributed by atoms with Crippen molar-refractivity contribution in [1.82, 2.24) is 0 Å². The minimum Gasteiger partial charge on any atom is -0.481 e. The van der Waals surface area contributed by atoms with E-state index in [1.807, 2.05) is 0 Å². The Balaban J connectivity index is 1.66. The highest BCUT2D eigenvalue weighted by atomic mass is 16.5. The van der Waals surface area contributed by atoms with Gasteiger partial charge in [0.25, 0.3) is 12.9 Å². The highest BCUT2D eigenvalue weighted by molar-refractivity contribution is 5.66. The number of carbonyl (C=O) groups is 3. The summed E-state index contributed by atoms with van der Waals surface area (Å²) in [6.45, 7) is 10.6. The van der Waals surface area contributed by atoms with E-state index < -0.39 is 5.97 Å². The van der Waals surface area contributed by atoms with Crippen molar-refractivity contribution in [3.63, 3.8) is 0 Å². The predicted molar refractivity (Wildman–Crippen MR) is 128 cm³/mol. The van der Waals surface area contributed by atoms with Gasteiger partial charge in [0.05, 0.1) is 0 Å². The number of ether oxygens (including phenoxy) is 2. The summed E-state index contributed by atoms with van der Waals surface area (Å²) >= 11 is 0. The lowest BCUT2D eigenvalue weighted by molar-refractivity contribution is -0.213. The maximum atomic E-state index is 11.8. The quantitative estimate of drug-likeness (QED) is 0.444. The molecule has 0 spiro atoms. The third-order valence-electron chi connectivity index (χ3n) is 11.4. The van der Waals surface area contributed by atoms with Crippen molar-refractivity contribution in [3.8, 4) is 0 Å². The van der Waals surface area contributed by atoms with Crippen molar-refractivity contribution in [2.45, 2.75) is 104 Å². The molecular weight excluding hydrogens is 432 g/mol. The van der Waals surface area contributed by atoms with E-state index in [4.69, 9.17) is 9.47 Å². The highest BCUT2D eigenvalue weighted by Crippen LogP contribution is 2.70. The maximum Gasteiger partial charge on any atom is 0.303 e. The van der Waals surface area contributed by atoms with Gasteiger partial charge in [-0.05, 0) is 104 Å².